The lowest BCUT2D eigenvalue weighted by molar-refractivity contribution is 0.476. The number of nitrogens with zero attached hydrogens (tertiary/aromatic N) is 1. The number of allylic oxidation sites excluding steroid dienone is 1. The van der Waals surface area contributed by atoms with E-state index in [1.807, 2.05) is 25.3 Å². The molecule has 1 aromatic heterocycles. The van der Waals surface area contributed by atoms with E-state index in [1.165, 1.54) is 11.3 Å². The van der Waals surface area contributed by atoms with Gasteiger partial charge in [0.1, 0.15) is 5.75 Å². The number of aliphatic imine (C=N–C) groups is 1. The molecule has 0 unspecified atom stereocenters. The van der Waals surface area contributed by atoms with Gasteiger partial charge < -0.3 is 5.11 Å². The van der Waals surface area contributed by atoms with E-state index >= 15 is 0 Å². The predicted octanol–water partition coefficient (Wildman–Crippen LogP) is 3.15. The molecule has 0 saturated heterocycles. The fraction of sp³-hybridized carbons (Fsp3) is 0.182. The summed E-state index contributed by atoms with van der Waals surface area (Å²) in [6.45, 7) is 3.76. The minimum atomic E-state index is 0.304. The van der Waals surface area contributed by atoms with E-state index in [0.717, 1.165) is 10.6 Å². The van der Waals surface area contributed by atoms with Crippen LogP contribution in [0.15, 0.2) is 22.5 Å². The molecule has 0 aliphatic carbocycles. The van der Waals surface area contributed by atoms with Crippen molar-refractivity contribution in [2.45, 2.75) is 13.8 Å². The van der Waals surface area contributed by atoms with Crippen molar-refractivity contribution < 1.29 is 5.11 Å². The first-order valence-corrected chi connectivity index (χ1v) is 4.92. The summed E-state index contributed by atoms with van der Waals surface area (Å²) in [5, 5.41) is 11.2. The summed E-state index contributed by atoms with van der Waals surface area (Å²) in [4.78, 5) is 4.96. The second kappa shape index (κ2) is 6.93. The molecule has 0 radical (unpaired) electrons. The fourth-order valence-electron chi connectivity index (χ4n) is 0.898. The van der Waals surface area contributed by atoms with Crippen molar-refractivity contribution in [2.75, 3.05) is 0 Å². The van der Waals surface area contributed by atoms with Crippen LogP contribution in [-0.4, -0.2) is 11.3 Å². The van der Waals surface area contributed by atoms with Crippen LogP contribution in [0, 0.1) is 12.8 Å². The molecule has 1 heterocycles. The Kier molecular flexibility index (Phi) is 6.17. The van der Waals surface area contributed by atoms with Crippen molar-refractivity contribution in [3.63, 3.8) is 0 Å². The lowest BCUT2D eigenvalue weighted by Crippen LogP contribution is -1.75. The molecule has 1 aromatic rings. The number of thiophene rings is 1. The van der Waals surface area contributed by atoms with Crippen LogP contribution < -0.4 is 0 Å². The maximum absolute atomic E-state index is 9.37. The monoisotopic (exact) mass is 207 g/mol. The van der Waals surface area contributed by atoms with Gasteiger partial charge in [0.2, 0.25) is 0 Å². The SMILES string of the molecule is C#C.CC=N/C(=C\C)c1sccc1O. The van der Waals surface area contributed by atoms with E-state index in [4.69, 9.17) is 0 Å². The Balaban J connectivity index is 0.000000791. The minimum absolute atomic E-state index is 0.304. The summed E-state index contributed by atoms with van der Waals surface area (Å²) in [6, 6.07) is 1.68. The topological polar surface area (TPSA) is 32.6 Å². The highest BCUT2D eigenvalue weighted by Crippen LogP contribution is 2.30. The zero-order chi connectivity index (χ0) is 11.0. The Morgan fingerprint density at radius 2 is 2.14 bits per heavy atom. The normalized spacial score (nSPS) is 11.0. The Labute approximate surface area is 88.6 Å². The van der Waals surface area contributed by atoms with Gasteiger partial charge in [0.15, 0.2) is 0 Å². The Morgan fingerprint density at radius 1 is 1.50 bits per heavy atom. The molecular formula is C11H13NOS. The molecule has 0 aliphatic rings. The van der Waals surface area contributed by atoms with Gasteiger partial charge in [-0.1, -0.05) is 6.08 Å². The Bertz CT molecular complexity index is 347. The van der Waals surface area contributed by atoms with Crippen LogP contribution in [0.5, 0.6) is 5.75 Å². The highest BCUT2D eigenvalue weighted by molar-refractivity contribution is 7.11. The molecular weight excluding hydrogens is 194 g/mol. The number of hydrogen-bond acceptors (Lipinski definition) is 3. The van der Waals surface area contributed by atoms with Crippen LogP contribution in [0.4, 0.5) is 0 Å². The molecule has 3 heteroatoms. The molecule has 14 heavy (non-hydrogen) atoms. The molecule has 0 bridgehead atoms. The Morgan fingerprint density at radius 3 is 2.50 bits per heavy atom. The molecule has 0 atom stereocenters. The summed E-state index contributed by atoms with van der Waals surface area (Å²) < 4.78 is 0. The lowest BCUT2D eigenvalue weighted by Gasteiger charge is -1.96. The smallest absolute Gasteiger partial charge is 0.135 e. The fourth-order valence-corrected chi connectivity index (χ4v) is 1.71. The molecule has 2 nitrogen and oxygen atoms in total. The number of rotatable bonds is 2. The molecule has 0 amide bonds. The first-order chi connectivity index (χ1) is 6.79. The zero-order valence-electron chi connectivity index (χ0n) is 8.27. The molecule has 74 valence electrons. The third kappa shape index (κ3) is 3.08. The van der Waals surface area contributed by atoms with Crippen LogP contribution >= 0.6 is 11.3 Å². The van der Waals surface area contributed by atoms with Gasteiger partial charge in [-0.15, -0.1) is 24.2 Å². The van der Waals surface area contributed by atoms with Crippen LogP contribution in [0.3, 0.4) is 0 Å². The molecule has 1 N–H and O–H groups in total. The number of aromatic hydroxyl groups is 1. The molecule has 0 saturated carbocycles. The second-order valence-electron chi connectivity index (χ2n) is 2.20. The van der Waals surface area contributed by atoms with Gasteiger partial charge in [0, 0.05) is 6.21 Å². The average molecular weight is 207 g/mol. The second-order valence-corrected chi connectivity index (χ2v) is 3.11. The van der Waals surface area contributed by atoms with Crippen molar-refractivity contribution in [1.82, 2.24) is 0 Å². The van der Waals surface area contributed by atoms with Crippen molar-refractivity contribution >= 4 is 23.2 Å². The van der Waals surface area contributed by atoms with Gasteiger partial charge in [-0.3, -0.25) is 4.99 Å². The summed E-state index contributed by atoms with van der Waals surface area (Å²) in [6.07, 6.45) is 11.6. The first kappa shape index (κ1) is 12.5. The van der Waals surface area contributed by atoms with Crippen molar-refractivity contribution in [3.8, 4) is 18.6 Å². The van der Waals surface area contributed by atoms with E-state index < -0.39 is 0 Å². The predicted molar refractivity (Wildman–Crippen MR) is 63.7 cm³/mol. The number of terminal acetylenes is 1. The van der Waals surface area contributed by atoms with E-state index in [-0.39, 0.29) is 0 Å². The van der Waals surface area contributed by atoms with Gasteiger partial charge in [0.25, 0.3) is 0 Å². The standard InChI is InChI=1S/C9H11NOS.C2H2/c1-3-7(10-4-2)9-8(11)5-6-12-9;1-2/h3-6,11H,1-2H3;1-2H/b7-3-,10-4?;. The molecule has 0 spiro atoms. The zero-order valence-corrected chi connectivity index (χ0v) is 9.08. The van der Waals surface area contributed by atoms with Crippen LogP contribution in [-0.2, 0) is 0 Å². The maximum Gasteiger partial charge on any atom is 0.135 e. The van der Waals surface area contributed by atoms with Crippen LogP contribution in [0.1, 0.15) is 18.7 Å². The van der Waals surface area contributed by atoms with Gasteiger partial charge in [0.05, 0.1) is 10.6 Å². The van der Waals surface area contributed by atoms with Crippen molar-refractivity contribution in [2.24, 2.45) is 4.99 Å². The van der Waals surface area contributed by atoms with E-state index in [2.05, 4.69) is 17.8 Å². The largest absolute Gasteiger partial charge is 0.506 e. The van der Waals surface area contributed by atoms with Gasteiger partial charge in [-0.25, -0.2) is 0 Å². The average Bonchev–Trinajstić information content (AvgIpc) is 2.64. The summed E-state index contributed by atoms with van der Waals surface area (Å²) in [5.41, 5.74) is 0.824. The van der Waals surface area contributed by atoms with Gasteiger partial charge in [-0.2, -0.15) is 0 Å². The summed E-state index contributed by atoms with van der Waals surface area (Å²) >= 11 is 1.49. The molecule has 1 rings (SSSR count). The van der Waals surface area contributed by atoms with Gasteiger partial charge >= 0.3 is 0 Å². The molecule has 0 fully saturated rings. The maximum atomic E-state index is 9.37. The highest BCUT2D eigenvalue weighted by Gasteiger charge is 2.05. The molecule has 0 aliphatic heterocycles. The van der Waals surface area contributed by atoms with E-state index in [9.17, 15) is 5.11 Å². The Hall–Kier alpha value is -1.53. The van der Waals surface area contributed by atoms with E-state index in [1.54, 1.807) is 12.3 Å². The van der Waals surface area contributed by atoms with Crippen molar-refractivity contribution in [1.29, 1.82) is 0 Å². The molecule has 0 aromatic carbocycles. The first-order valence-electron chi connectivity index (χ1n) is 4.04. The summed E-state index contributed by atoms with van der Waals surface area (Å²) in [7, 11) is 0. The third-order valence-electron chi connectivity index (χ3n) is 1.42. The van der Waals surface area contributed by atoms with Crippen LogP contribution in [0.25, 0.3) is 5.70 Å². The van der Waals surface area contributed by atoms with E-state index in [0.29, 0.717) is 5.75 Å². The third-order valence-corrected chi connectivity index (χ3v) is 2.34. The van der Waals surface area contributed by atoms with Crippen LogP contribution in [0.2, 0.25) is 0 Å². The highest BCUT2D eigenvalue weighted by atomic mass is 32.1. The minimum Gasteiger partial charge on any atom is -0.506 e. The quantitative estimate of drug-likeness (QED) is 0.586. The lowest BCUT2D eigenvalue weighted by atomic mass is 10.3. The van der Waals surface area contributed by atoms with Crippen molar-refractivity contribution in [3.05, 3.63) is 22.4 Å². The van der Waals surface area contributed by atoms with Gasteiger partial charge in [-0.05, 0) is 25.3 Å². The summed E-state index contributed by atoms with van der Waals surface area (Å²) in [5.74, 6) is 0.304. The number of hydrogen-bond donors (Lipinski definition) is 1.